The van der Waals surface area contributed by atoms with E-state index in [1.165, 1.54) is 28.8 Å². The molecule has 1 fully saturated rings. The number of aliphatic carboxylic acids is 2. The predicted molar refractivity (Wildman–Crippen MR) is 149 cm³/mol. The molecule has 4 N–H and O–H groups in total. The van der Waals surface area contributed by atoms with Gasteiger partial charge >= 0.3 is 11.9 Å². The minimum atomic E-state index is -2.27. The average molecular weight is 550 g/mol. The summed E-state index contributed by atoms with van der Waals surface area (Å²) in [4.78, 5) is 35.6. The lowest BCUT2D eigenvalue weighted by atomic mass is 9.86. The van der Waals surface area contributed by atoms with Crippen LogP contribution in [0.4, 0.5) is 11.6 Å². The molecule has 0 bridgehead atoms. The molecule has 40 heavy (non-hydrogen) atoms. The van der Waals surface area contributed by atoms with Gasteiger partial charge in [0.1, 0.15) is 0 Å². The first-order valence-electron chi connectivity index (χ1n) is 13.2. The molecule has 2 aliphatic rings. The second-order valence-electron chi connectivity index (χ2n) is 9.96. The van der Waals surface area contributed by atoms with E-state index in [4.69, 9.17) is 20.4 Å². The molecule has 2 aliphatic heterocycles. The summed E-state index contributed by atoms with van der Waals surface area (Å²) in [5.41, 5.74) is 5.73. The van der Waals surface area contributed by atoms with Gasteiger partial charge in [-0.2, -0.15) is 0 Å². The summed E-state index contributed by atoms with van der Waals surface area (Å²) in [6.45, 7) is 6.04. The number of carboxylic acids is 2. The number of hydrogen-bond donors (Lipinski definition) is 4. The summed E-state index contributed by atoms with van der Waals surface area (Å²) >= 11 is 0. The van der Waals surface area contributed by atoms with Crippen LogP contribution in [-0.4, -0.2) is 99.2 Å². The number of carboxylic acid groups (broad SMARTS) is 2. The zero-order chi connectivity index (χ0) is 28.6. The van der Waals surface area contributed by atoms with Crippen LogP contribution in [0.15, 0.2) is 67.0 Å². The van der Waals surface area contributed by atoms with Crippen molar-refractivity contribution in [2.24, 2.45) is 0 Å². The molecule has 1 unspecified atom stereocenters. The zero-order valence-corrected chi connectivity index (χ0v) is 22.4. The minimum absolute atomic E-state index is 0.479. The van der Waals surface area contributed by atoms with Gasteiger partial charge in [-0.3, -0.25) is 0 Å². The van der Waals surface area contributed by atoms with E-state index in [1.807, 2.05) is 18.5 Å². The third-order valence-corrected chi connectivity index (χ3v) is 7.23. The highest BCUT2D eigenvalue weighted by molar-refractivity contribution is 5.83. The van der Waals surface area contributed by atoms with Gasteiger partial charge in [0.05, 0.1) is 0 Å². The number of aliphatic hydroxyl groups excluding tert-OH is 2. The molecule has 0 spiro atoms. The lowest BCUT2D eigenvalue weighted by Crippen LogP contribution is -2.47. The van der Waals surface area contributed by atoms with Crippen molar-refractivity contribution in [2.75, 3.05) is 49.6 Å². The van der Waals surface area contributed by atoms with E-state index in [1.54, 1.807) is 0 Å². The summed E-state index contributed by atoms with van der Waals surface area (Å²) in [7, 11) is 2.24. The first kappa shape index (κ1) is 28.9. The van der Waals surface area contributed by atoms with Crippen LogP contribution < -0.4 is 9.80 Å². The average Bonchev–Trinajstić information content (AvgIpc) is 3.15. The lowest BCUT2D eigenvalue weighted by Gasteiger charge is -2.36. The number of anilines is 2. The highest BCUT2D eigenvalue weighted by Gasteiger charge is 2.29. The molecule has 3 atom stereocenters. The van der Waals surface area contributed by atoms with Crippen molar-refractivity contribution >= 4 is 23.6 Å². The highest BCUT2D eigenvalue weighted by atomic mass is 16.4. The quantitative estimate of drug-likeness (QED) is 0.355. The number of carbonyl (C=O) groups is 2. The molecule has 0 saturated carbocycles. The zero-order valence-electron chi connectivity index (χ0n) is 22.4. The Labute approximate surface area is 233 Å². The van der Waals surface area contributed by atoms with Gasteiger partial charge in [0.15, 0.2) is 12.2 Å². The van der Waals surface area contributed by atoms with Crippen LogP contribution in [0.2, 0.25) is 0 Å². The first-order chi connectivity index (χ1) is 19.2. The summed E-state index contributed by atoms with van der Waals surface area (Å²) in [6.07, 6.45) is 0.277. The van der Waals surface area contributed by atoms with Crippen LogP contribution in [0.25, 0.3) is 0 Å². The van der Waals surface area contributed by atoms with Gasteiger partial charge < -0.3 is 35.1 Å². The molecular weight excluding hydrogens is 514 g/mol. The summed E-state index contributed by atoms with van der Waals surface area (Å²) in [5.74, 6) is -2.22. The first-order valence-corrected chi connectivity index (χ1v) is 13.2. The predicted octanol–water partition coefficient (Wildman–Crippen LogP) is 1.65. The molecule has 2 aromatic carbocycles. The molecule has 11 nitrogen and oxygen atoms in total. The van der Waals surface area contributed by atoms with E-state index < -0.39 is 24.1 Å². The number of piperazine rings is 1. The molecule has 1 saturated heterocycles. The smallest absolute Gasteiger partial charge is 0.335 e. The van der Waals surface area contributed by atoms with Gasteiger partial charge in [-0.1, -0.05) is 36.4 Å². The van der Waals surface area contributed by atoms with Crippen molar-refractivity contribution in [3.63, 3.8) is 0 Å². The van der Waals surface area contributed by atoms with Crippen molar-refractivity contribution < 1.29 is 30.0 Å². The van der Waals surface area contributed by atoms with E-state index >= 15 is 0 Å². The summed E-state index contributed by atoms with van der Waals surface area (Å²) in [5, 5.41) is 32.5. The number of aromatic nitrogens is 2. The molecule has 0 amide bonds. The number of benzene rings is 2. The van der Waals surface area contributed by atoms with Crippen LogP contribution in [0.3, 0.4) is 0 Å². The van der Waals surface area contributed by atoms with Crippen LogP contribution in [0, 0.1) is 0 Å². The van der Waals surface area contributed by atoms with Crippen molar-refractivity contribution in [1.29, 1.82) is 0 Å². The fourth-order valence-corrected chi connectivity index (χ4v) is 5.06. The Morgan fingerprint density at radius 3 is 2.02 bits per heavy atom. The molecule has 0 radical (unpaired) electrons. The number of fused-ring (bicyclic) bond motifs is 1. The van der Waals surface area contributed by atoms with E-state index in [0.29, 0.717) is 5.92 Å². The van der Waals surface area contributed by atoms with Gasteiger partial charge in [0, 0.05) is 56.7 Å². The van der Waals surface area contributed by atoms with Gasteiger partial charge in [0.25, 0.3) is 0 Å². The van der Waals surface area contributed by atoms with Crippen molar-refractivity contribution in [3.8, 4) is 0 Å². The molecule has 5 rings (SSSR count). The summed E-state index contributed by atoms with van der Waals surface area (Å²) in [6, 6.07) is 20.0. The van der Waals surface area contributed by atoms with Gasteiger partial charge in [-0.05, 0) is 54.9 Å². The Hall–Kier alpha value is -4.06. The van der Waals surface area contributed by atoms with E-state index in [0.717, 1.165) is 45.2 Å². The molecule has 1 aromatic heterocycles. The Balaban J connectivity index is 0.000000318. The fourth-order valence-electron chi connectivity index (χ4n) is 5.06. The van der Waals surface area contributed by atoms with Crippen LogP contribution in [0.1, 0.15) is 29.0 Å². The summed E-state index contributed by atoms with van der Waals surface area (Å²) < 4.78 is 0. The molecule has 11 heteroatoms. The third-order valence-electron chi connectivity index (χ3n) is 7.23. The Morgan fingerprint density at radius 2 is 1.43 bits per heavy atom. The maximum absolute atomic E-state index is 9.77. The second kappa shape index (κ2) is 13.3. The largest absolute Gasteiger partial charge is 0.479 e. The topological polar surface area (TPSA) is 151 Å². The standard InChI is InChI=1S/C25H29N5.C4H6O6/c1-28-13-10-24(20-6-3-2-4-7-20)23-9-8-22(18-21(23)19-28)29-14-16-30(17-15-29)25-26-11-5-12-27-25;5-1(3(7)8)2(6)4(9)10/h2-9,11-12,18,24H,10,13-17,19H2,1H3;1-2,5-6H,(H,7,8)(H,9,10)/t;1-,2-/m.1/s1. The molecule has 3 heterocycles. The van der Waals surface area contributed by atoms with Crippen LogP contribution in [-0.2, 0) is 16.1 Å². The maximum Gasteiger partial charge on any atom is 0.335 e. The Kier molecular flexibility index (Phi) is 9.65. The third kappa shape index (κ3) is 7.12. The van der Waals surface area contributed by atoms with Crippen molar-refractivity contribution in [1.82, 2.24) is 14.9 Å². The molecule has 3 aromatic rings. The lowest BCUT2D eigenvalue weighted by molar-refractivity contribution is -0.165. The monoisotopic (exact) mass is 549 g/mol. The number of aliphatic hydroxyl groups is 2. The minimum Gasteiger partial charge on any atom is -0.479 e. The Bertz CT molecular complexity index is 1250. The van der Waals surface area contributed by atoms with Gasteiger partial charge in [0.2, 0.25) is 5.95 Å². The fraction of sp³-hybridized carbons (Fsp3) is 0.379. The normalized spacial score (nSPS) is 18.9. The van der Waals surface area contributed by atoms with Gasteiger partial charge in [-0.25, -0.2) is 19.6 Å². The van der Waals surface area contributed by atoms with Crippen molar-refractivity contribution in [3.05, 3.63) is 83.7 Å². The van der Waals surface area contributed by atoms with Gasteiger partial charge in [-0.15, -0.1) is 0 Å². The molecule has 0 aliphatic carbocycles. The number of nitrogens with zero attached hydrogens (tertiary/aromatic N) is 5. The maximum atomic E-state index is 9.77. The van der Waals surface area contributed by atoms with E-state index in [-0.39, 0.29) is 0 Å². The number of rotatable bonds is 6. The highest BCUT2D eigenvalue weighted by Crippen LogP contribution is 2.35. The SMILES string of the molecule is CN1CCC(c2ccccc2)c2ccc(N3CCN(c4ncccn4)CC3)cc2C1.O=C(O)[C@H](O)[C@@H](O)C(=O)O. The Morgan fingerprint density at radius 1 is 0.825 bits per heavy atom. The second-order valence-corrected chi connectivity index (χ2v) is 9.96. The van der Waals surface area contributed by atoms with E-state index in [2.05, 4.69) is 80.2 Å². The van der Waals surface area contributed by atoms with Crippen LogP contribution >= 0.6 is 0 Å². The molecule has 212 valence electrons. The van der Waals surface area contributed by atoms with E-state index in [9.17, 15) is 9.59 Å². The molecular formula is C29H35N5O6. The van der Waals surface area contributed by atoms with Crippen molar-refractivity contribution in [2.45, 2.75) is 31.1 Å². The number of hydrogen-bond acceptors (Lipinski definition) is 9. The van der Waals surface area contributed by atoms with Crippen LogP contribution in [0.5, 0.6) is 0 Å².